The number of amides is 1. The second kappa shape index (κ2) is 5.36. The van der Waals surface area contributed by atoms with Crippen LogP contribution >= 0.6 is 11.8 Å². The molecule has 6 heteroatoms. The normalized spacial score (nSPS) is 20.7. The van der Waals surface area contributed by atoms with Crippen molar-refractivity contribution in [2.75, 3.05) is 23.4 Å². The summed E-state index contributed by atoms with van der Waals surface area (Å²) in [5, 5.41) is 10.2. The molecule has 1 aliphatic rings. The van der Waals surface area contributed by atoms with Gasteiger partial charge < -0.3 is 10.6 Å². The Labute approximate surface area is 99.0 Å². The van der Waals surface area contributed by atoms with Crippen LogP contribution in [0.5, 0.6) is 0 Å². The van der Waals surface area contributed by atoms with Crippen molar-refractivity contribution < 1.29 is 4.79 Å². The van der Waals surface area contributed by atoms with Gasteiger partial charge in [0, 0.05) is 43.6 Å². The molecule has 1 fully saturated rings. The Morgan fingerprint density at radius 2 is 2.69 bits per heavy atom. The molecule has 16 heavy (non-hydrogen) atoms. The van der Waals surface area contributed by atoms with Crippen LogP contribution < -0.4 is 10.6 Å². The minimum Gasteiger partial charge on any atom is -0.312 e. The first-order chi connectivity index (χ1) is 7.75. The summed E-state index contributed by atoms with van der Waals surface area (Å²) in [6, 6.07) is 2.09. The van der Waals surface area contributed by atoms with Crippen molar-refractivity contribution in [2.45, 2.75) is 12.5 Å². The van der Waals surface area contributed by atoms with E-state index in [1.165, 1.54) is 0 Å². The monoisotopic (exact) mass is 240 g/mol. The van der Waals surface area contributed by atoms with Gasteiger partial charge in [0.2, 0.25) is 5.91 Å². The lowest BCUT2D eigenvalue weighted by molar-refractivity contribution is -0.116. The van der Waals surface area contributed by atoms with Crippen LogP contribution in [0, 0.1) is 0 Å². The molecular formula is C10H16N4OS. The van der Waals surface area contributed by atoms with E-state index in [0.29, 0.717) is 12.5 Å². The third-order valence-corrected chi connectivity index (χ3v) is 3.65. The minimum absolute atomic E-state index is 0.0450. The van der Waals surface area contributed by atoms with Gasteiger partial charge in [0.1, 0.15) is 5.82 Å². The quantitative estimate of drug-likeness (QED) is 0.805. The average Bonchev–Trinajstić information content (AvgIpc) is 2.66. The number of carbonyl (C=O) groups excluding carboxylic acids is 1. The molecule has 2 N–H and O–H groups in total. The van der Waals surface area contributed by atoms with Gasteiger partial charge in [-0.25, -0.2) is 0 Å². The summed E-state index contributed by atoms with van der Waals surface area (Å²) in [4.78, 5) is 11.7. The molecule has 0 spiro atoms. The third kappa shape index (κ3) is 2.99. The maximum Gasteiger partial charge on any atom is 0.227 e. The summed E-state index contributed by atoms with van der Waals surface area (Å²) in [5.74, 6) is 2.94. The fourth-order valence-electron chi connectivity index (χ4n) is 1.67. The molecule has 88 valence electrons. The van der Waals surface area contributed by atoms with E-state index >= 15 is 0 Å². The molecule has 1 atom stereocenters. The van der Waals surface area contributed by atoms with Gasteiger partial charge in [-0.15, -0.1) is 0 Å². The summed E-state index contributed by atoms with van der Waals surface area (Å²) in [7, 11) is 1.81. The summed E-state index contributed by atoms with van der Waals surface area (Å²) >= 11 is 1.90. The Hall–Kier alpha value is -1.01. The van der Waals surface area contributed by atoms with Crippen LogP contribution in [-0.2, 0) is 11.8 Å². The van der Waals surface area contributed by atoms with Crippen molar-refractivity contribution in [2.24, 2.45) is 7.05 Å². The average molecular weight is 240 g/mol. The van der Waals surface area contributed by atoms with Crippen molar-refractivity contribution >= 4 is 23.5 Å². The number of thioether (sulfide) groups is 1. The van der Waals surface area contributed by atoms with Crippen molar-refractivity contribution in [3.8, 4) is 0 Å². The standard InChI is InChI=1S/C10H16N4OS/c1-14-9(2-3-12-14)13-10(15)6-8-7-16-5-4-11-8/h2-3,8,11H,4-7H2,1H3,(H,13,15). The topological polar surface area (TPSA) is 59.0 Å². The van der Waals surface area contributed by atoms with E-state index in [9.17, 15) is 4.79 Å². The highest BCUT2D eigenvalue weighted by molar-refractivity contribution is 7.99. The zero-order chi connectivity index (χ0) is 11.4. The zero-order valence-corrected chi connectivity index (χ0v) is 10.1. The van der Waals surface area contributed by atoms with Crippen LogP contribution in [0.1, 0.15) is 6.42 Å². The molecule has 2 heterocycles. The molecule has 1 amide bonds. The Balaban J connectivity index is 1.82. The maximum atomic E-state index is 11.7. The first-order valence-corrected chi connectivity index (χ1v) is 6.50. The molecule has 1 aromatic heterocycles. The Bertz CT molecular complexity index is 359. The first kappa shape index (κ1) is 11.5. The smallest absolute Gasteiger partial charge is 0.227 e. The zero-order valence-electron chi connectivity index (χ0n) is 9.27. The number of hydrogen-bond donors (Lipinski definition) is 2. The summed E-state index contributed by atoms with van der Waals surface area (Å²) in [6.07, 6.45) is 2.20. The molecule has 5 nitrogen and oxygen atoms in total. The lowest BCUT2D eigenvalue weighted by Gasteiger charge is -2.22. The van der Waals surface area contributed by atoms with E-state index in [1.807, 2.05) is 18.8 Å². The highest BCUT2D eigenvalue weighted by Crippen LogP contribution is 2.11. The largest absolute Gasteiger partial charge is 0.312 e. The minimum atomic E-state index is 0.0450. The van der Waals surface area contributed by atoms with Crippen LogP contribution in [0.4, 0.5) is 5.82 Å². The number of nitrogens with one attached hydrogen (secondary N) is 2. The number of aryl methyl sites for hydroxylation is 1. The number of rotatable bonds is 3. The maximum absolute atomic E-state index is 11.7. The van der Waals surface area contributed by atoms with Crippen LogP contribution in [-0.4, -0.2) is 39.8 Å². The number of aromatic nitrogens is 2. The van der Waals surface area contributed by atoms with Crippen LogP contribution in [0.2, 0.25) is 0 Å². The highest BCUT2D eigenvalue weighted by Gasteiger charge is 2.17. The van der Waals surface area contributed by atoms with E-state index < -0.39 is 0 Å². The Morgan fingerprint density at radius 3 is 3.31 bits per heavy atom. The van der Waals surface area contributed by atoms with Gasteiger partial charge in [-0.1, -0.05) is 0 Å². The SMILES string of the molecule is Cn1nccc1NC(=O)CC1CSCCN1. The van der Waals surface area contributed by atoms with E-state index in [4.69, 9.17) is 0 Å². The van der Waals surface area contributed by atoms with Crippen LogP contribution in [0.15, 0.2) is 12.3 Å². The van der Waals surface area contributed by atoms with Crippen molar-refractivity contribution in [1.82, 2.24) is 15.1 Å². The number of anilines is 1. The van der Waals surface area contributed by atoms with Gasteiger partial charge in [-0.05, 0) is 0 Å². The van der Waals surface area contributed by atoms with Crippen LogP contribution in [0.25, 0.3) is 0 Å². The van der Waals surface area contributed by atoms with E-state index in [2.05, 4.69) is 15.7 Å². The third-order valence-electron chi connectivity index (χ3n) is 2.52. The summed E-state index contributed by atoms with van der Waals surface area (Å²) in [5.41, 5.74) is 0. The molecule has 2 rings (SSSR count). The fraction of sp³-hybridized carbons (Fsp3) is 0.600. The van der Waals surface area contributed by atoms with Crippen molar-refractivity contribution in [3.05, 3.63) is 12.3 Å². The summed E-state index contributed by atoms with van der Waals surface area (Å²) < 4.78 is 1.65. The van der Waals surface area contributed by atoms with E-state index in [-0.39, 0.29) is 5.91 Å². The van der Waals surface area contributed by atoms with Gasteiger partial charge in [0.05, 0.1) is 6.20 Å². The lowest BCUT2D eigenvalue weighted by atomic mass is 10.2. The molecule has 0 aliphatic carbocycles. The van der Waals surface area contributed by atoms with E-state index in [0.717, 1.165) is 23.9 Å². The van der Waals surface area contributed by atoms with Gasteiger partial charge in [0.15, 0.2) is 0 Å². The molecule has 0 saturated carbocycles. The number of hydrogen-bond acceptors (Lipinski definition) is 4. The molecule has 1 unspecified atom stereocenters. The lowest BCUT2D eigenvalue weighted by Crippen LogP contribution is -2.40. The van der Waals surface area contributed by atoms with Crippen LogP contribution in [0.3, 0.4) is 0 Å². The van der Waals surface area contributed by atoms with E-state index in [1.54, 1.807) is 16.9 Å². The Morgan fingerprint density at radius 1 is 1.81 bits per heavy atom. The van der Waals surface area contributed by atoms with Gasteiger partial charge >= 0.3 is 0 Å². The molecule has 0 radical (unpaired) electrons. The second-order valence-electron chi connectivity index (χ2n) is 3.82. The predicted octanol–water partition coefficient (Wildman–Crippen LogP) is 0.454. The second-order valence-corrected chi connectivity index (χ2v) is 4.97. The van der Waals surface area contributed by atoms with Gasteiger partial charge in [-0.2, -0.15) is 16.9 Å². The highest BCUT2D eigenvalue weighted by atomic mass is 32.2. The van der Waals surface area contributed by atoms with Crippen molar-refractivity contribution in [1.29, 1.82) is 0 Å². The van der Waals surface area contributed by atoms with Gasteiger partial charge in [0.25, 0.3) is 0 Å². The number of carbonyl (C=O) groups is 1. The first-order valence-electron chi connectivity index (χ1n) is 5.34. The molecule has 1 aromatic rings. The molecule has 0 bridgehead atoms. The molecular weight excluding hydrogens is 224 g/mol. The van der Waals surface area contributed by atoms with Gasteiger partial charge in [-0.3, -0.25) is 9.48 Å². The molecule has 1 aliphatic heterocycles. The predicted molar refractivity (Wildman–Crippen MR) is 65.6 cm³/mol. The Kier molecular flexibility index (Phi) is 3.84. The number of nitrogens with zero attached hydrogens (tertiary/aromatic N) is 2. The molecule has 1 saturated heterocycles. The fourth-order valence-corrected chi connectivity index (χ4v) is 2.61. The van der Waals surface area contributed by atoms with Crippen molar-refractivity contribution in [3.63, 3.8) is 0 Å². The summed E-state index contributed by atoms with van der Waals surface area (Å²) in [6.45, 7) is 0.994. The molecule has 0 aromatic carbocycles.